The average molecular weight is 250 g/mol. The number of hydrogen-bond donors (Lipinski definition) is 3. The molecular formula is C14H22N2O2. The van der Waals surface area contributed by atoms with Gasteiger partial charge < -0.3 is 15.5 Å². The summed E-state index contributed by atoms with van der Waals surface area (Å²) in [5.41, 5.74) is 2.11. The topological polar surface area (TPSA) is 64.8 Å². The number of anilines is 1. The van der Waals surface area contributed by atoms with Crippen LogP contribution in [0.2, 0.25) is 0 Å². The summed E-state index contributed by atoms with van der Waals surface area (Å²) in [6.45, 7) is 5.27. The Bertz CT molecular complexity index is 430. The highest BCUT2D eigenvalue weighted by Crippen LogP contribution is 2.12. The lowest BCUT2D eigenvalue weighted by Gasteiger charge is -2.02. The van der Waals surface area contributed by atoms with Crippen LogP contribution in [-0.2, 0) is 0 Å². The fourth-order valence-electron chi connectivity index (χ4n) is 1.62. The van der Waals surface area contributed by atoms with Gasteiger partial charge in [0.05, 0.1) is 30.8 Å². The highest BCUT2D eigenvalue weighted by Gasteiger charge is 1.99. The van der Waals surface area contributed by atoms with Crippen LogP contribution in [0.1, 0.15) is 25.3 Å². The van der Waals surface area contributed by atoms with Crippen molar-refractivity contribution in [2.75, 3.05) is 31.6 Å². The van der Waals surface area contributed by atoms with Gasteiger partial charge in [-0.3, -0.25) is 4.99 Å². The summed E-state index contributed by atoms with van der Waals surface area (Å²) in [6, 6.07) is 8.03. The standard InChI is InChI=1S/C14H22N2O2/c1-11(2)12-3-5-13(15-7-9-17)14(6-4-12)16-8-10-18/h3-6,11,17-18H,7-10H2,1-2H3,(H,15,16). The first-order valence-corrected chi connectivity index (χ1v) is 6.29. The van der Waals surface area contributed by atoms with E-state index in [1.807, 2.05) is 18.2 Å². The third-order valence-corrected chi connectivity index (χ3v) is 2.63. The lowest BCUT2D eigenvalue weighted by atomic mass is 10.1. The van der Waals surface area contributed by atoms with Gasteiger partial charge in [0, 0.05) is 6.54 Å². The number of hydrogen-bond acceptors (Lipinski definition) is 4. The van der Waals surface area contributed by atoms with Crippen LogP contribution in [0.3, 0.4) is 0 Å². The number of nitrogens with zero attached hydrogens (tertiary/aromatic N) is 1. The van der Waals surface area contributed by atoms with E-state index in [9.17, 15) is 0 Å². The molecule has 0 saturated carbocycles. The molecule has 1 aromatic rings. The van der Waals surface area contributed by atoms with Crippen molar-refractivity contribution < 1.29 is 10.2 Å². The Morgan fingerprint density at radius 2 is 1.83 bits per heavy atom. The molecule has 0 unspecified atom stereocenters. The Labute approximate surface area is 108 Å². The molecule has 0 atom stereocenters. The number of nitrogens with one attached hydrogen (secondary N) is 1. The highest BCUT2D eigenvalue weighted by atomic mass is 16.3. The second kappa shape index (κ2) is 7.84. The van der Waals surface area contributed by atoms with Crippen molar-refractivity contribution in [1.82, 2.24) is 0 Å². The van der Waals surface area contributed by atoms with Crippen LogP contribution >= 0.6 is 0 Å². The summed E-state index contributed by atoms with van der Waals surface area (Å²) in [7, 11) is 0. The third kappa shape index (κ3) is 4.47. The van der Waals surface area contributed by atoms with E-state index in [1.165, 1.54) is 5.56 Å². The quantitative estimate of drug-likeness (QED) is 0.708. The summed E-state index contributed by atoms with van der Waals surface area (Å²) in [5.74, 6) is 0.453. The molecule has 0 aromatic heterocycles. The maximum atomic E-state index is 8.87. The predicted molar refractivity (Wildman–Crippen MR) is 73.6 cm³/mol. The van der Waals surface area contributed by atoms with Crippen LogP contribution in [-0.4, -0.2) is 36.5 Å². The van der Waals surface area contributed by atoms with Gasteiger partial charge in [-0.15, -0.1) is 0 Å². The molecule has 0 heterocycles. The van der Waals surface area contributed by atoms with Crippen molar-refractivity contribution in [3.63, 3.8) is 0 Å². The molecule has 0 saturated heterocycles. The van der Waals surface area contributed by atoms with E-state index in [-0.39, 0.29) is 13.2 Å². The number of aliphatic hydroxyl groups is 2. The summed E-state index contributed by atoms with van der Waals surface area (Å²) in [5, 5.41) is 21.7. The second-order valence-electron chi connectivity index (χ2n) is 4.38. The van der Waals surface area contributed by atoms with E-state index in [0.29, 0.717) is 19.0 Å². The van der Waals surface area contributed by atoms with Gasteiger partial charge >= 0.3 is 0 Å². The zero-order valence-electron chi connectivity index (χ0n) is 11.1. The maximum absolute atomic E-state index is 8.87. The fourth-order valence-corrected chi connectivity index (χ4v) is 1.62. The van der Waals surface area contributed by atoms with Crippen molar-refractivity contribution >= 4 is 5.69 Å². The van der Waals surface area contributed by atoms with Crippen LogP contribution in [0.15, 0.2) is 29.3 Å². The molecule has 1 aromatic carbocycles. The normalized spacial score (nSPS) is 11.9. The Morgan fingerprint density at radius 3 is 2.44 bits per heavy atom. The molecule has 0 aliphatic carbocycles. The number of aliphatic hydroxyl groups excluding tert-OH is 2. The first-order valence-electron chi connectivity index (χ1n) is 6.29. The van der Waals surface area contributed by atoms with Crippen LogP contribution in [0.25, 0.3) is 0 Å². The first-order chi connectivity index (χ1) is 8.69. The Hall–Kier alpha value is -1.39. The molecule has 1 rings (SSSR count). The van der Waals surface area contributed by atoms with Crippen molar-refractivity contribution in [2.24, 2.45) is 4.99 Å². The molecule has 0 fully saturated rings. The van der Waals surface area contributed by atoms with Gasteiger partial charge in [0.2, 0.25) is 0 Å². The molecule has 0 bridgehead atoms. The van der Waals surface area contributed by atoms with Gasteiger partial charge in [0.1, 0.15) is 0 Å². The van der Waals surface area contributed by atoms with E-state index in [1.54, 1.807) is 0 Å². The number of rotatable bonds is 6. The molecule has 0 aliphatic rings. The van der Waals surface area contributed by atoms with E-state index in [0.717, 1.165) is 11.0 Å². The van der Waals surface area contributed by atoms with Gasteiger partial charge in [-0.25, -0.2) is 0 Å². The summed E-state index contributed by atoms with van der Waals surface area (Å²) in [4.78, 5) is 4.32. The van der Waals surface area contributed by atoms with E-state index < -0.39 is 0 Å². The molecule has 0 spiro atoms. The molecule has 0 amide bonds. The van der Waals surface area contributed by atoms with Gasteiger partial charge in [0.25, 0.3) is 0 Å². The summed E-state index contributed by atoms with van der Waals surface area (Å²) >= 11 is 0. The SMILES string of the molecule is CC(C)c1ccc(NCCO)c(=NCCO)cc1. The Balaban J connectivity index is 3.15. The van der Waals surface area contributed by atoms with Crippen LogP contribution < -0.4 is 10.7 Å². The Kier molecular flexibility index (Phi) is 6.39. The Morgan fingerprint density at radius 1 is 1.11 bits per heavy atom. The average Bonchev–Trinajstić information content (AvgIpc) is 2.56. The van der Waals surface area contributed by atoms with Crippen LogP contribution in [0.4, 0.5) is 5.69 Å². The van der Waals surface area contributed by atoms with Crippen LogP contribution in [0, 0.1) is 0 Å². The van der Waals surface area contributed by atoms with E-state index in [4.69, 9.17) is 10.2 Å². The largest absolute Gasteiger partial charge is 0.395 e. The molecule has 18 heavy (non-hydrogen) atoms. The lowest BCUT2D eigenvalue weighted by Crippen LogP contribution is -2.14. The van der Waals surface area contributed by atoms with Crippen molar-refractivity contribution in [3.8, 4) is 0 Å². The molecular weight excluding hydrogens is 228 g/mol. The van der Waals surface area contributed by atoms with Crippen LogP contribution in [0.5, 0.6) is 0 Å². The first kappa shape index (κ1) is 14.7. The summed E-state index contributed by atoms with van der Waals surface area (Å²) < 4.78 is 0. The minimum Gasteiger partial charge on any atom is -0.395 e. The van der Waals surface area contributed by atoms with Gasteiger partial charge in [-0.05, 0) is 23.6 Å². The maximum Gasteiger partial charge on any atom is 0.0806 e. The fraction of sp³-hybridized carbons (Fsp3) is 0.500. The van der Waals surface area contributed by atoms with Crippen molar-refractivity contribution in [3.05, 3.63) is 35.2 Å². The lowest BCUT2D eigenvalue weighted by molar-refractivity contribution is 0.305. The molecule has 0 aliphatic heterocycles. The zero-order valence-corrected chi connectivity index (χ0v) is 11.1. The summed E-state index contributed by atoms with van der Waals surface area (Å²) in [6.07, 6.45) is 0. The van der Waals surface area contributed by atoms with E-state index >= 15 is 0 Å². The molecule has 4 nitrogen and oxygen atoms in total. The molecule has 0 radical (unpaired) electrons. The molecule has 4 heteroatoms. The predicted octanol–water partition coefficient (Wildman–Crippen LogP) is 1.11. The second-order valence-corrected chi connectivity index (χ2v) is 4.38. The van der Waals surface area contributed by atoms with Crippen molar-refractivity contribution in [1.29, 1.82) is 0 Å². The van der Waals surface area contributed by atoms with Gasteiger partial charge in [-0.1, -0.05) is 26.0 Å². The molecule has 100 valence electrons. The smallest absolute Gasteiger partial charge is 0.0806 e. The monoisotopic (exact) mass is 250 g/mol. The third-order valence-electron chi connectivity index (χ3n) is 2.63. The minimum absolute atomic E-state index is 0.0368. The minimum atomic E-state index is 0.0368. The van der Waals surface area contributed by atoms with Gasteiger partial charge in [-0.2, -0.15) is 0 Å². The van der Waals surface area contributed by atoms with Gasteiger partial charge in [0.15, 0.2) is 0 Å². The van der Waals surface area contributed by atoms with E-state index in [2.05, 4.69) is 30.2 Å². The van der Waals surface area contributed by atoms with Crippen molar-refractivity contribution in [2.45, 2.75) is 19.8 Å². The zero-order chi connectivity index (χ0) is 13.4. The highest BCUT2D eigenvalue weighted by molar-refractivity contribution is 5.43. The molecule has 3 N–H and O–H groups in total.